The molecule has 0 aromatic carbocycles. The Kier molecular flexibility index (Phi) is 5.02. The molecule has 25 heavy (non-hydrogen) atoms. The van der Waals surface area contributed by atoms with Crippen LogP contribution in [0.5, 0.6) is 0 Å². The quantitative estimate of drug-likeness (QED) is 0.801. The number of ether oxygens (including phenoxy) is 1. The number of hydrogen-bond acceptors (Lipinski definition) is 4. The summed E-state index contributed by atoms with van der Waals surface area (Å²) < 4.78 is 7.82. The maximum atomic E-state index is 12.4. The molecule has 1 aliphatic rings. The monoisotopic (exact) mass is 364 g/mol. The minimum atomic E-state index is -0.278. The van der Waals surface area contributed by atoms with Crippen molar-refractivity contribution in [3.05, 3.63) is 17.3 Å². The molecule has 1 aliphatic carbocycles. The zero-order chi connectivity index (χ0) is 18.2. The van der Waals surface area contributed by atoms with Crippen LogP contribution in [-0.4, -0.2) is 32.1 Å². The van der Waals surface area contributed by atoms with Gasteiger partial charge in [-0.25, -0.2) is 9.97 Å². The number of fused-ring (bicyclic) bond motifs is 1. The van der Waals surface area contributed by atoms with Crippen LogP contribution in [0, 0.1) is 0 Å². The summed E-state index contributed by atoms with van der Waals surface area (Å²) >= 11 is 6.05. The first kappa shape index (κ1) is 18.1. The summed E-state index contributed by atoms with van der Waals surface area (Å²) in [6, 6.07) is 3.86. The van der Waals surface area contributed by atoms with Gasteiger partial charge in [-0.1, -0.05) is 11.6 Å². The van der Waals surface area contributed by atoms with Gasteiger partial charge in [0.2, 0.25) is 11.9 Å². The fraction of sp³-hybridized carbons (Fsp3) is 0.611. The number of imidazole rings is 1. The van der Waals surface area contributed by atoms with Gasteiger partial charge in [-0.2, -0.15) is 0 Å². The molecule has 2 aromatic rings. The van der Waals surface area contributed by atoms with E-state index in [4.69, 9.17) is 16.3 Å². The molecule has 7 heteroatoms. The van der Waals surface area contributed by atoms with Crippen LogP contribution in [0.4, 0.5) is 5.95 Å². The Hall–Kier alpha value is -1.66. The Labute approximate surface area is 152 Å². The molecule has 0 bridgehead atoms. The largest absolute Gasteiger partial charge is 0.372 e. The number of pyridine rings is 1. The summed E-state index contributed by atoms with van der Waals surface area (Å²) in [6.45, 7) is 7.84. The molecule has 1 atom stereocenters. The average Bonchev–Trinajstić information content (AvgIpc) is 2.72. The highest BCUT2D eigenvalue weighted by Gasteiger charge is 2.27. The Balaban J connectivity index is 1.79. The van der Waals surface area contributed by atoms with Gasteiger partial charge in [-0.15, -0.1) is 0 Å². The topological polar surface area (TPSA) is 69.0 Å². The molecule has 1 N–H and O–H groups in total. The van der Waals surface area contributed by atoms with Gasteiger partial charge < -0.3 is 4.74 Å². The molecule has 0 spiro atoms. The molecule has 1 saturated carbocycles. The molecular weight excluding hydrogens is 340 g/mol. The second-order valence-electron chi connectivity index (χ2n) is 7.66. The lowest BCUT2D eigenvalue weighted by Crippen LogP contribution is -2.29. The molecule has 2 heterocycles. The van der Waals surface area contributed by atoms with Crippen molar-refractivity contribution in [1.29, 1.82) is 0 Å². The predicted molar refractivity (Wildman–Crippen MR) is 99.0 cm³/mol. The van der Waals surface area contributed by atoms with Gasteiger partial charge >= 0.3 is 0 Å². The Morgan fingerprint density at radius 1 is 1.40 bits per heavy atom. The summed E-state index contributed by atoms with van der Waals surface area (Å²) in [5, 5.41) is 3.36. The molecule has 0 radical (unpaired) electrons. The lowest BCUT2D eigenvalue weighted by atomic mass is 9.93. The van der Waals surface area contributed by atoms with E-state index < -0.39 is 0 Å². The van der Waals surface area contributed by atoms with Crippen molar-refractivity contribution in [3.63, 3.8) is 0 Å². The first-order chi connectivity index (χ1) is 11.7. The van der Waals surface area contributed by atoms with Crippen molar-refractivity contribution >= 4 is 34.6 Å². The number of amides is 1. The van der Waals surface area contributed by atoms with Crippen LogP contribution in [0.25, 0.3) is 11.2 Å². The van der Waals surface area contributed by atoms with Crippen molar-refractivity contribution < 1.29 is 9.53 Å². The second-order valence-corrected chi connectivity index (χ2v) is 8.05. The third-order valence-electron chi connectivity index (χ3n) is 4.22. The van der Waals surface area contributed by atoms with Crippen molar-refractivity contribution in [2.45, 2.75) is 71.1 Å². The van der Waals surface area contributed by atoms with Gasteiger partial charge in [0, 0.05) is 6.04 Å². The number of nitrogens with zero attached hydrogens (tertiary/aromatic N) is 3. The molecule has 136 valence electrons. The van der Waals surface area contributed by atoms with Gasteiger partial charge in [0.05, 0.1) is 18.1 Å². The highest BCUT2D eigenvalue weighted by Crippen LogP contribution is 2.37. The van der Waals surface area contributed by atoms with Crippen LogP contribution in [0.1, 0.15) is 59.4 Å². The van der Waals surface area contributed by atoms with Crippen molar-refractivity contribution in [3.8, 4) is 0 Å². The van der Waals surface area contributed by atoms with Crippen LogP contribution in [0.2, 0.25) is 5.15 Å². The van der Waals surface area contributed by atoms with Gasteiger partial charge in [0.1, 0.15) is 10.7 Å². The number of hydrogen-bond donors (Lipinski definition) is 1. The highest BCUT2D eigenvalue weighted by atomic mass is 35.5. The van der Waals surface area contributed by atoms with E-state index in [9.17, 15) is 4.79 Å². The van der Waals surface area contributed by atoms with Crippen LogP contribution in [-0.2, 0) is 9.53 Å². The van der Waals surface area contributed by atoms with Crippen LogP contribution >= 0.6 is 11.6 Å². The zero-order valence-corrected chi connectivity index (χ0v) is 15.9. The minimum absolute atomic E-state index is 0.112. The number of carbonyl (C=O) groups excluding carboxylic acids is 1. The van der Waals surface area contributed by atoms with Gasteiger partial charge in [0.25, 0.3) is 0 Å². The SMILES string of the molecule is C[C@@H](CC(=O)Nc1nc2ccc(Cl)nc2n1C1CCC1)OC(C)(C)C. The summed E-state index contributed by atoms with van der Waals surface area (Å²) in [5.41, 5.74) is 1.19. The molecule has 1 amide bonds. The average molecular weight is 365 g/mol. The molecule has 6 nitrogen and oxygen atoms in total. The van der Waals surface area contributed by atoms with Crippen LogP contribution in [0.15, 0.2) is 12.1 Å². The van der Waals surface area contributed by atoms with E-state index in [0.717, 1.165) is 24.0 Å². The maximum Gasteiger partial charge on any atom is 0.229 e. The second kappa shape index (κ2) is 6.92. The Morgan fingerprint density at radius 3 is 2.72 bits per heavy atom. The number of rotatable bonds is 5. The number of nitrogens with one attached hydrogen (secondary N) is 1. The number of carbonyl (C=O) groups is 1. The van der Waals surface area contributed by atoms with E-state index >= 15 is 0 Å². The van der Waals surface area contributed by atoms with E-state index in [1.807, 2.05) is 38.3 Å². The highest BCUT2D eigenvalue weighted by molar-refractivity contribution is 6.29. The molecular formula is C18H25ClN4O2. The number of halogens is 1. The number of anilines is 1. The Morgan fingerprint density at radius 2 is 2.12 bits per heavy atom. The standard InChI is InChI=1S/C18H25ClN4O2/c1-11(25-18(2,3)4)10-15(24)22-17-20-13-8-9-14(19)21-16(13)23(17)12-6-5-7-12/h8-9,11-12H,5-7,10H2,1-4H3,(H,20,22,24)/t11-/m0/s1. The van der Waals surface area contributed by atoms with Crippen molar-refractivity contribution in [2.24, 2.45) is 0 Å². The Bertz CT molecular complexity index is 777. The first-order valence-electron chi connectivity index (χ1n) is 8.75. The predicted octanol–water partition coefficient (Wildman–Crippen LogP) is 4.34. The lowest BCUT2D eigenvalue weighted by Gasteiger charge is -2.28. The fourth-order valence-corrected chi connectivity index (χ4v) is 3.25. The smallest absolute Gasteiger partial charge is 0.229 e. The third kappa shape index (κ3) is 4.30. The normalized spacial score (nSPS) is 16.7. The van der Waals surface area contributed by atoms with Crippen LogP contribution < -0.4 is 5.32 Å². The van der Waals surface area contributed by atoms with Crippen molar-refractivity contribution in [1.82, 2.24) is 14.5 Å². The zero-order valence-electron chi connectivity index (χ0n) is 15.2. The fourth-order valence-electron chi connectivity index (χ4n) is 3.11. The van der Waals surface area contributed by atoms with Gasteiger partial charge in [0.15, 0.2) is 5.65 Å². The summed E-state index contributed by atoms with van der Waals surface area (Å²) in [5.74, 6) is 0.432. The first-order valence-corrected chi connectivity index (χ1v) is 9.13. The van der Waals surface area contributed by atoms with E-state index in [1.54, 1.807) is 6.07 Å². The van der Waals surface area contributed by atoms with Gasteiger partial charge in [-0.05, 0) is 59.1 Å². The molecule has 3 rings (SSSR count). The van der Waals surface area contributed by atoms with E-state index in [1.165, 1.54) is 6.42 Å². The molecule has 1 fully saturated rings. The minimum Gasteiger partial charge on any atom is -0.372 e. The molecule has 0 saturated heterocycles. The molecule has 0 aliphatic heterocycles. The van der Waals surface area contributed by atoms with Crippen molar-refractivity contribution in [2.75, 3.05) is 5.32 Å². The number of aromatic nitrogens is 3. The maximum absolute atomic E-state index is 12.4. The van der Waals surface area contributed by atoms with Gasteiger partial charge in [-0.3, -0.25) is 14.7 Å². The van der Waals surface area contributed by atoms with E-state index in [2.05, 4.69) is 15.3 Å². The lowest BCUT2D eigenvalue weighted by molar-refractivity contribution is -0.121. The summed E-state index contributed by atoms with van der Waals surface area (Å²) in [4.78, 5) is 21.4. The molecule has 0 unspecified atom stereocenters. The van der Waals surface area contributed by atoms with Crippen LogP contribution in [0.3, 0.4) is 0 Å². The van der Waals surface area contributed by atoms with E-state index in [-0.39, 0.29) is 24.0 Å². The summed E-state index contributed by atoms with van der Waals surface area (Å²) in [6.07, 6.45) is 3.40. The third-order valence-corrected chi connectivity index (χ3v) is 4.43. The summed E-state index contributed by atoms with van der Waals surface area (Å²) in [7, 11) is 0. The van der Waals surface area contributed by atoms with E-state index in [0.29, 0.717) is 17.1 Å². The molecule has 2 aromatic heterocycles.